The number of hydrogen-bond acceptors (Lipinski definition) is 2. The van der Waals surface area contributed by atoms with E-state index in [1.807, 2.05) is 18.7 Å². The lowest BCUT2D eigenvalue weighted by Crippen LogP contribution is -2.34. The van der Waals surface area contributed by atoms with Crippen molar-refractivity contribution in [2.75, 3.05) is 11.4 Å². The molecule has 118 valence electrons. The lowest BCUT2D eigenvalue weighted by molar-refractivity contribution is 0.539. The predicted molar refractivity (Wildman–Crippen MR) is 83.6 cm³/mol. The van der Waals surface area contributed by atoms with Gasteiger partial charge in [-0.3, -0.25) is 0 Å². The Morgan fingerprint density at radius 3 is 2.52 bits per heavy atom. The second-order valence-corrected chi connectivity index (χ2v) is 6.17. The number of benzene rings is 1. The van der Waals surface area contributed by atoms with Gasteiger partial charge in [0.05, 0.1) is 0 Å². The largest absolute Gasteiger partial charge is 0.364 e. The van der Waals surface area contributed by atoms with Crippen LogP contribution in [0.2, 0.25) is 0 Å². The van der Waals surface area contributed by atoms with Crippen LogP contribution in [0.1, 0.15) is 51.5 Å². The fourth-order valence-corrected chi connectivity index (χ4v) is 3.06. The van der Waals surface area contributed by atoms with Crippen LogP contribution in [-0.4, -0.2) is 18.6 Å². The Morgan fingerprint density at radius 2 is 1.90 bits per heavy atom. The molecular weight excluding hydrogens is 270 g/mol. The molecule has 2 rings (SSSR count). The molecule has 0 saturated carbocycles. The molecule has 1 aromatic rings. The molecule has 2 atom stereocenters. The van der Waals surface area contributed by atoms with Gasteiger partial charge in [-0.25, -0.2) is 8.78 Å². The number of halogens is 2. The van der Waals surface area contributed by atoms with E-state index in [1.54, 1.807) is 0 Å². The Kier molecular flexibility index (Phi) is 5.57. The second kappa shape index (κ2) is 7.21. The van der Waals surface area contributed by atoms with Crippen molar-refractivity contribution in [3.05, 3.63) is 29.3 Å². The fourth-order valence-electron chi connectivity index (χ4n) is 3.06. The summed E-state index contributed by atoms with van der Waals surface area (Å²) in [5.74, 6) is -0.913. The van der Waals surface area contributed by atoms with Crippen LogP contribution in [0.25, 0.3) is 0 Å². The average Bonchev–Trinajstić information content (AvgIpc) is 2.63. The van der Waals surface area contributed by atoms with Gasteiger partial charge >= 0.3 is 0 Å². The first-order valence-electron chi connectivity index (χ1n) is 8.03. The van der Waals surface area contributed by atoms with Crippen molar-refractivity contribution in [1.82, 2.24) is 0 Å². The highest BCUT2D eigenvalue weighted by atomic mass is 19.1. The van der Waals surface area contributed by atoms with Crippen molar-refractivity contribution >= 4 is 5.69 Å². The summed E-state index contributed by atoms with van der Waals surface area (Å²) in [4.78, 5) is 1.89. The molecule has 0 aromatic heterocycles. The van der Waals surface area contributed by atoms with E-state index in [4.69, 9.17) is 5.73 Å². The van der Waals surface area contributed by atoms with Gasteiger partial charge in [0, 0.05) is 18.6 Å². The molecule has 1 heterocycles. The maximum absolute atomic E-state index is 14.4. The summed E-state index contributed by atoms with van der Waals surface area (Å²) in [5.41, 5.74) is 6.65. The Morgan fingerprint density at radius 1 is 1.24 bits per heavy atom. The maximum atomic E-state index is 14.4. The van der Waals surface area contributed by atoms with Crippen molar-refractivity contribution in [3.63, 3.8) is 0 Å². The zero-order valence-electron chi connectivity index (χ0n) is 13.0. The molecule has 0 radical (unpaired) electrons. The van der Waals surface area contributed by atoms with Crippen LogP contribution in [-0.2, 0) is 6.42 Å². The molecule has 2 unspecified atom stereocenters. The SMILES string of the molecule is CCC(N)Cc1cc(F)c(N2CCCCCC2C)c(F)c1. The summed E-state index contributed by atoms with van der Waals surface area (Å²) >= 11 is 0. The molecule has 21 heavy (non-hydrogen) atoms. The van der Waals surface area contributed by atoms with Gasteiger partial charge in [-0.15, -0.1) is 0 Å². The lowest BCUT2D eigenvalue weighted by atomic mass is 10.0. The van der Waals surface area contributed by atoms with E-state index in [2.05, 4.69) is 0 Å². The Bertz CT molecular complexity index is 453. The first-order valence-corrected chi connectivity index (χ1v) is 8.03. The van der Waals surface area contributed by atoms with Crippen molar-refractivity contribution in [2.45, 2.75) is 64.5 Å². The molecule has 2 N–H and O–H groups in total. The third kappa shape index (κ3) is 3.94. The van der Waals surface area contributed by atoms with Crippen LogP contribution in [0.3, 0.4) is 0 Å². The molecule has 1 aliphatic rings. The van der Waals surface area contributed by atoms with E-state index in [0.29, 0.717) is 12.0 Å². The zero-order chi connectivity index (χ0) is 15.4. The number of anilines is 1. The van der Waals surface area contributed by atoms with Gasteiger partial charge in [-0.05, 0) is 50.3 Å². The van der Waals surface area contributed by atoms with E-state index >= 15 is 0 Å². The van der Waals surface area contributed by atoms with Crippen molar-refractivity contribution < 1.29 is 8.78 Å². The van der Waals surface area contributed by atoms with Crippen molar-refractivity contribution in [1.29, 1.82) is 0 Å². The number of nitrogens with two attached hydrogens (primary N) is 1. The van der Waals surface area contributed by atoms with Crippen molar-refractivity contribution in [2.24, 2.45) is 5.73 Å². The highest BCUT2D eigenvalue weighted by Gasteiger charge is 2.24. The molecular formula is C17H26F2N2. The summed E-state index contributed by atoms with van der Waals surface area (Å²) in [5, 5.41) is 0. The topological polar surface area (TPSA) is 29.3 Å². The first-order chi connectivity index (χ1) is 10.0. The van der Waals surface area contributed by atoms with Gasteiger partial charge in [-0.1, -0.05) is 19.8 Å². The highest BCUT2D eigenvalue weighted by molar-refractivity contribution is 5.51. The first kappa shape index (κ1) is 16.2. The quantitative estimate of drug-likeness (QED) is 0.909. The minimum absolute atomic E-state index is 0.0493. The Hall–Kier alpha value is -1.16. The standard InChI is InChI=1S/C17H26F2N2/c1-3-14(20)9-13-10-15(18)17(16(19)11-13)21-8-6-4-5-7-12(21)2/h10-12,14H,3-9,20H2,1-2H3. The third-order valence-corrected chi connectivity index (χ3v) is 4.44. The monoisotopic (exact) mass is 296 g/mol. The van der Waals surface area contributed by atoms with Crippen LogP contribution in [0.5, 0.6) is 0 Å². The summed E-state index contributed by atoms with van der Waals surface area (Å²) in [6.07, 6.45) is 5.55. The minimum atomic E-state index is -0.456. The number of rotatable bonds is 4. The van der Waals surface area contributed by atoms with E-state index in [1.165, 1.54) is 12.1 Å². The van der Waals surface area contributed by atoms with Crippen LogP contribution < -0.4 is 10.6 Å². The molecule has 0 spiro atoms. The second-order valence-electron chi connectivity index (χ2n) is 6.17. The number of nitrogens with zero attached hydrogens (tertiary/aromatic N) is 1. The summed E-state index contributed by atoms with van der Waals surface area (Å²) in [7, 11) is 0. The molecule has 0 bridgehead atoms. The summed E-state index contributed by atoms with van der Waals surface area (Å²) in [6, 6.07) is 3.03. The van der Waals surface area contributed by atoms with E-state index in [-0.39, 0.29) is 17.8 Å². The lowest BCUT2D eigenvalue weighted by Gasteiger charge is -2.30. The number of hydrogen-bond donors (Lipinski definition) is 1. The van der Waals surface area contributed by atoms with Crippen LogP contribution >= 0.6 is 0 Å². The normalized spacial score (nSPS) is 21.2. The third-order valence-electron chi connectivity index (χ3n) is 4.44. The average molecular weight is 296 g/mol. The molecule has 1 aromatic carbocycles. The fraction of sp³-hybridized carbons (Fsp3) is 0.647. The summed E-state index contributed by atoms with van der Waals surface area (Å²) < 4.78 is 28.9. The van der Waals surface area contributed by atoms with E-state index in [9.17, 15) is 8.78 Å². The van der Waals surface area contributed by atoms with E-state index < -0.39 is 11.6 Å². The zero-order valence-corrected chi connectivity index (χ0v) is 13.0. The van der Waals surface area contributed by atoms with Gasteiger partial charge in [-0.2, -0.15) is 0 Å². The molecule has 1 aliphatic heterocycles. The maximum Gasteiger partial charge on any atom is 0.149 e. The van der Waals surface area contributed by atoms with Crippen LogP contribution in [0.15, 0.2) is 12.1 Å². The molecule has 1 fully saturated rings. The highest BCUT2D eigenvalue weighted by Crippen LogP contribution is 2.30. The van der Waals surface area contributed by atoms with Crippen molar-refractivity contribution in [3.8, 4) is 0 Å². The van der Waals surface area contributed by atoms with Crippen LogP contribution in [0, 0.1) is 11.6 Å². The van der Waals surface area contributed by atoms with Crippen LogP contribution in [0.4, 0.5) is 14.5 Å². The minimum Gasteiger partial charge on any atom is -0.364 e. The van der Waals surface area contributed by atoms with Gasteiger partial charge in [0.1, 0.15) is 17.3 Å². The molecule has 0 amide bonds. The molecule has 2 nitrogen and oxygen atoms in total. The molecule has 1 saturated heterocycles. The van der Waals surface area contributed by atoms with Gasteiger partial charge < -0.3 is 10.6 Å². The molecule has 0 aliphatic carbocycles. The van der Waals surface area contributed by atoms with Gasteiger partial charge in [0.25, 0.3) is 0 Å². The van der Waals surface area contributed by atoms with Gasteiger partial charge in [0.2, 0.25) is 0 Å². The molecule has 4 heteroatoms. The predicted octanol–water partition coefficient (Wildman–Crippen LogP) is 4.01. The van der Waals surface area contributed by atoms with E-state index in [0.717, 1.165) is 38.6 Å². The Labute approximate surface area is 126 Å². The Balaban J connectivity index is 2.27. The smallest absolute Gasteiger partial charge is 0.149 e. The summed E-state index contributed by atoms with van der Waals surface area (Å²) in [6.45, 7) is 4.75. The van der Waals surface area contributed by atoms with Gasteiger partial charge in [0.15, 0.2) is 0 Å².